The number of hydrogen-bond acceptors (Lipinski definition) is 14. The van der Waals surface area contributed by atoms with Gasteiger partial charge in [-0.3, -0.25) is 0 Å². The first-order valence-electron chi connectivity index (χ1n) is 25.7. The molecule has 0 saturated carbocycles. The van der Waals surface area contributed by atoms with Crippen molar-refractivity contribution >= 4 is 17.9 Å². The molecule has 10 atom stereocenters. The van der Waals surface area contributed by atoms with Crippen LogP contribution in [0.25, 0.3) is 0 Å². The highest BCUT2D eigenvalue weighted by Crippen LogP contribution is 2.35. The average Bonchev–Trinajstić information content (AvgIpc) is 3.55. The maximum Gasteiger partial charge on any atom is 0.338 e. The summed E-state index contributed by atoms with van der Waals surface area (Å²) in [6.07, 6.45) is -6.51. The van der Waals surface area contributed by atoms with Crippen molar-refractivity contribution in [2.75, 3.05) is 19.8 Å². The van der Waals surface area contributed by atoms with Gasteiger partial charge in [-0.25, -0.2) is 14.4 Å². The number of esters is 3. The van der Waals surface area contributed by atoms with Crippen LogP contribution >= 0.6 is 0 Å². The fraction of sp³-hybridized carbons (Fsp3) is 0.266. The van der Waals surface area contributed by atoms with Crippen molar-refractivity contribution in [1.29, 1.82) is 0 Å². The maximum absolute atomic E-state index is 14.3. The minimum Gasteiger partial charge on any atom is -0.452 e. The molecule has 78 heavy (non-hydrogen) atoms. The average molecular weight is 1050 g/mol. The van der Waals surface area contributed by atoms with E-state index in [9.17, 15) is 14.4 Å². The maximum atomic E-state index is 14.3. The fourth-order valence-electron chi connectivity index (χ4n) is 9.05. The van der Waals surface area contributed by atoms with Crippen LogP contribution in [0.15, 0.2) is 212 Å². The lowest BCUT2D eigenvalue weighted by molar-refractivity contribution is -0.343. The normalized spacial score (nSPS) is 22.8. The first-order valence-corrected chi connectivity index (χ1v) is 25.7. The van der Waals surface area contributed by atoms with Crippen molar-refractivity contribution in [3.63, 3.8) is 0 Å². The van der Waals surface area contributed by atoms with Crippen LogP contribution in [0.5, 0.6) is 0 Å². The van der Waals surface area contributed by atoms with Gasteiger partial charge in [-0.1, -0.05) is 182 Å². The summed E-state index contributed by atoms with van der Waals surface area (Å²) < 4.78 is 72.6. The second-order valence-corrected chi connectivity index (χ2v) is 18.4. The Bertz CT molecular complexity index is 2950. The Morgan fingerprint density at radius 2 is 0.705 bits per heavy atom. The third-order valence-corrected chi connectivity index (χ3v) is 12.9. The molecule has 0 radical (unpaired) electrons. The number of benzene rings is 7. The first kappa shape index (κ1) is 55.0. The van der Waals surface area contributed by atoms with Gasteiger partial charge >= 0.3 is 17.9 Å². The van der Waals surface area contributed by atoms with E-state index in [1.54, 1.807) is 91.0 Å². The van der Waals surface area contributed by atoms with Gasteiger partial charge in [0.15, 0.2) is 30.9 Å². The molecule has 2 fully saturated rings. The quantitative estimate of drug-likeness (QED) is 0.0321. The van der Waals surface area contributed by atoms with Crippen LogP contribution in [0, 0.1) is 12.3 Å². The van der Waals surface area contributed by atoms with E-state index in [4.69, 9.17) is 58.5 Å². The highest BCUT2D eigenvalue weighted by molar-refractivity contribution is 5.91. The number of carbonyl (C=O) groups is 3. The molecule has 0 amide bonds. The predicted octanol–water partition coefficient (Wildman–Crippen LogP) is 9.75. The van der Waals surface area contributed by atoms with Crippen molar-refractivity contribution in [3.05, 3.63) is 251 Å². The zero-order valence-corrected chi connectivity index (χ0v) is 42.7. The molecule has 7 aromatic carbocycles. The molecule has 9 rings (SSSR count). The monoisotopic (exact) mass is 1050 g/mol. The summed E-state index contributed by atoms with van der Waals surface area (Å²) in [5, 5.41) is 0. The van der Waals surface area contributed by atoms with E-state index in [1.165, 1.54) is 0 Å². The fourth-order valence-corrected chi connectivity index (χ4v) is 9.05. The predicted molar refractivity (Wildman–Crippen MR) is 286 cm³/mol. The van der Waals surface area contributed by atoms with Crippen LogP contribution in [-0.2, 0) is 78.5 Å². The molecule has 14 nitrogen and oxygen atoms in total. The van der Waals surface area contributed by atoms with Gasteiger partial charge in [-0.2, -0.15) is 0 Å². The Morgan fingerprint density at radius 1 is 0.359 bits per heavy atom. The molecule has 2 aliphatic heterocycles. The topological polar surface area (TPSA) is 153 Å². The summed E-state index contributed by atoms with van der Waals surface area (Å²) >= 11 is 0. The van der Waals surface area contributed by atoms with Gasteiger partial charge < -0.3 is 52.1 Å². The second-order valence-electron chi connectivity index (χ2n) is 18.4. The zero-order chi connectivity index (χ0) is 53.7. The van der Waals surface area contributed by atoms with Crippen LogP contribution in [0.1, 0.15) is 53.3 Å². The van der Waals surface area contributed by atoms with E-state index in [-0.39, 0.29) is 56.3 Å². The summed E-state index contributed by atoms with van der Waals surface area (Å²) in [4.78, 5) is 42.6. The minimum absolute atomic E-state index is 0.0377. The van der Waals surface area contributed by atoms with E-state index < -0.39 is 85.9 Å². The van der Waals surface area contributed by atoms with E-state index in [0.717, 1.165) is 22.3 Å². The Labute approximate surface area is 454 Å². The van der Waals surface area contributed by atoms with Gasteiger partial charge in [-0.15, -0.1) is 6.42 Å². The van der Waals surface area contributed by atoms with E-state index in [2.05, 4.69) is 5.92 Å². The first-order chi connectivity index (χ1) is 38.4. The number of ether oxygens (including phenoxy) is 11. The largest absolute Gasteiger partial charge is 0.452 e. The van der Waals surface area contributed by atoms with Crippen LogP contribution in [0.3, 0.4) is 0 Å². The standard InChI is InChI=1S/C64H60O14/c1-2-38-69-64-59(78-62(67)51-36-22-9-23-37-51)57(77-61(66)50-34-20-8-21-35-50)55(76-60(65)49-32-18-7-19-33-49)53(75-64)44-73-63-58(72-42-48-30-16-6-17-31-48)56(71-41-47-28-14-5-15-29-47)54(70-40-46-26-12-4-13-27-46)52(74-63)43-68-39-45-24-10-3-11-25-45/h1,3-37,52-59,63-64H,38-44H2/t52-,53-,54+,55-,56+,57+,58-,59+,63+,64+/m1/s1. The molecular weight excluding hydrogens is 993 g/mol. The number of carbonyl (C=O) groups excluding carboxylic acids is 3. The van der Waals surface area contributed by atoms with Crippen molar-refractivity contribution in [3.8, 4) is 12.3 Å². The molecule has 2 aliphatic rings. The van der Waals surface area contributed by atoms with Crippen molar-refractivity contribution in [2.45, 2.75) is 87.8 Å². The van der Waals surface area contributed by atoms with Gasteiger partial charge in [0.05, 0.1) is 56.3 Å². The number of terminal acetylenes is 1. The lowest BCUT2D eigenvalue weighted by atomic mass is 9.96. The Morgan fingerprint density at radius 3 is 1.14 bits per heavy atom. The highest BCUT2D eigenvalue weighted by Gasteiger charge is 2.55. The molecule has 0 aromatic heterocycles. The van der Waals surface area contributed by atoms with Gasteiger partial charge in [-0.05, 0) is 58.7 Å². The molecule has 0 N–H and O–H groups in total. The van der Waals surface area contributed by atoms with Crippen molar-refractivity contribution in [1.82, 2.24) is 0 Å². The lowest BCUT2D eigenvalue weighted by Gasteiger charge is -2.47. The van der Waals surface area contributed by atoms with E-state index in [1.807, 2.05) is 121 Å². The minimum atomic E-state index is -1.59. The molecule has 2 heterocycles. The highest BCUT2D eigenvalue weighted by atomic mass is 16.8. The third-order valence-electron chi connectivity index (χ3n) is 12.9. The van der Waals surface area contributed by atoms with Gasteiger partial charge in [0.1, 0.15) is 37.1 Å². The van der Waals surface area contributed by atoms with Crippen molar-refractivity contribution in [2.24, 2.45) is 0 Å². The van der Waals surface area contributed by atoms with Crippen molar-refractivity contribution < 1.29 is 66.5 Å². The molecule has 0 aliphatic carbocycles. The molecule has 0 spiro atoms. The van der Waals surface area contributed by atoms with Crippen LogP contribution < -0.4 is 0 Å². The molecule has 2 saturated heterocycles. The smallest absolute Gasteiger partial charge is 0.338 e. The summed E-state index contributed by atoms with van der Waals surface area (Å²) in [7, 11) is 0. The Kier molecular flexibility index (Phi) is 20.1. The SMILES string of the molecule is C#CCO[C@H]1O[C@H](CO[C@H]2O[C@H](COCc3ccccc3)[C@H](OCc3ccccc3)[C@H](OCc3ccccc3)[C@H]2OCc2ccccc2)[C@@H](OC(=O)c2ccccc2)[C@H](OC(=O)c2ccccc2)[C@@H]1OC(=O)c1ccccc1. The van der Waals surface area contributed by atoms with Gasteiger partial charge in [0, 0.05) is 0 Å². The summed E-state index contributed by atoms with van der Waals surface area (Å²) in [5.41, 5.74) is 4.16. The van der Waals surface area contributed by atoms with E-state index in [0.29, 0.717) is 0 Å². The molecule has 0 unspecified atom stereocenters. The number of rotatable bonds is 24. The molecular formula is C64H60O14. The Balaban J connectivity index is 1.10. The lowest BCUT2D eigenvalue weighted by Crippen LogP contribution is -2.64. The molecule has 14 heteroatoms. The van der Waals surface area contributed by atoms with Gasteiger partial charge in [0.25, 0.3) is 0 Å². The van der Waals surface area contributed by atoms with E-state index >= 15 is 0 Å². The summed E-state index contributed by atoms with van der Waals surface area (Å²) in [6, 6.07) is 63.6. The number of hydrogen-bond donors (Lipinski definition) is 0. The van der Waals surface area contributed by atoms with Crippen LogP contribution in [-0.4, -0.2) is 99.1 Å². The molecule has 400 valence electrons. The molecule has 0 bridgehead atoms. The Hall–Kier alpha value is -7.81. The zero-order valence-electron chi connectivity index (χ0n) is 42.7. The summed E-state index contributed by atoms with van der Waals surface area (Å²) in [5.74, 6) is 0.0239. The second kappa shape index (κ2) is 28.5. The van der Waals surface area contributed by atoms with Crippen LogP contribution in [0.4, 0.5) is 0 Å². The van der Waals surface area contributed by atoms with Crippen LogP contribution in [0.2, 0.25) is 0 Å². The third kappa shape index (κ3) is 15.2. The molecule has 7 aromatic rings. The van der Waals surface area contributed by atoms with Gasteiger partial charge in [0.2, 0.25) is 0 Å². The summed E-state index contributed by atoms with van der Waals surface area (Å²) in [6.45, 7) is 0.0547.